The molecule has 5 rings (SSSR count). The molecule has 0 spiro atoms. The number of rotatable bonds is 3. The summed E-state index contributed by atoms with van der Waals surface area (Å²) in [4.78, 5) is 55.1. The highest BCUT2D eigenvalue weighted by Gasteiger charge is 2.67. The van der Waals surface area contributed by atoms with E-state index >= 15 is 0 Å². The fraction of sp³-hybridized carbons (Fsp3) is 0.481. The lowest BCUT2D eigenvalue weighted by Gasteiger charge is -2.53. The summed E-state index contributed by atoms with van der Waals surface area (Å²) in [7, 11) is 2.92. The Morgan fingerprint density at radius 2 is 1.71 bits per heavy atom. The molecule has 0 saturated carbocycles. The topological polar surface area (TPSA) is 237 Å². The maximum Gasteiger partial charge on any atom is 0.322 e. The number of aliphatic hydroxyl groups excluding tert-OH is 3. The number of Topliss-reactive ketones (excluding diaryl/α,β-unsaturated/α-hetero) is 2. The summed E-state index contributed by atoms with van der Waals surface area (Å²) in [5, 5.41) is 70.0. The van der Waals surface area contributed by atoms with Crippen molar-refractivity contribution >= 4 is 29.2 Å². The van der Waals surface area contributed by atoms with Gasteiger partial charge in [0, 0.05) is 37.7 Å². The zero-order chi connectivity index (χ0) is 31.0. The Morgan fingerprint density at radius 1 is 1.10 bits per heavy atom. The molecule has 6 atom stereocenters. The summed E-state index contributed by atoms with van der Waals surface area (Å²) in [5.74, 6) is -9.96. The summed E-state index contributed by atoms with van der Waals surface area (Å²) >= 11 is 0. The smallest absolute Gasteiger partial charge is 0.322 e. The minimum Gasteiger partial charge on any atom is -0.510 e. The zero-order valence-corrected chi connectivity index (χ0v) is 23.1. The van der Waals surface area contributed by atoms with Crippen LogP contribution < -0.4 is 11.1 Å². The van der Waals surface area contributed by atoms with Crippen molar-refractivity contribution < 1.29 is 49.9 Å². The molecule has 1 saturated heterocycles. The number of hydrogen-bond donors (Lipinski definition) is 8. The Balaban J connectivity index is 1.62. The molecule has 1 fully saturated rings. The molecule has 42 heavy (non-hydrogen) atoms. The SMILES string of the molecule is CC1c2ccc(NC(=O)N3CCN(O)CC3)c(O)c2C(=O)C2=C(O)[C@]3(O)C(=O)C(C(N)=O)=C(O)[C@@H](N(C)C)C3C(O)C21. The molecule has 15 nitrogen and oxygen atoms in total. The summed E-state index contributed by atoms with van der Waals surface area (Å²) < 4.78 is 0. The highest BCUT2D eigenvalue weighted by atomic mass is 16.5. The number of piperazine rings is 1. The van der Waals surface area contributed by atoms with Crippen LogP contribution in [0.1, 0.15) is 28.8 Å². The molecule has 9 N–H and O–H groups in total. The number of nitrogens with two attached hydrogens (primary N) is 1. The molecular formula is C27H33N5O10. The van der Waals surface area contributed by atoms with E-state index in [0.717, 1.165) is 5.06 Å². The molecular weight excluding hydrogens is 554 g/mol. The van der Waals surface area contributed by atoms with Gasteiger partial charge >= 0.3 is 6.03 Å². The Bertz CT molecular complexity index is 1460. The van der Waals surface area contributed by atoms with Gasteiger partial charge in [0.15, 0.2) is 17.1 Å². The van der Waals surface area contributed by atoms with Crippen LogP contribution in [-0.2, 0) is 9.59 Å². The quantitative estimate of drug-likeness (QED) is 0.160. The van der Waals surface area contributed by atoms with Crippen LogP contribution in [0.2, 0.25) is 0 Å². The third kappa shape index (κ3) is 3.99. The van der Waals surface area contributed by atoms with Crippen LogP contribution in [0.15, 0.2) is 34.8 Å². The van der Waals surface area contributed by atoms with Crippen molar-refractivity contribution in [3.05, 3.63) is 45.9 Å². The number of benzene rings is 1. The summed E-state index contributed by atoms with van der Waals surface area (Å²) in [6.45, 7) is 2.48. The van der Waals surface area contributed by atoms with Gasteiger partial charge in [-0.25, -0.2) is 4.79 Å². The van der Waals surface area contributed by atoms with Crippen molar-refractivity contribution in [3.8, 4) is 5.75 Å². The number of hydrogen-bond acceptors (Lipinski definition) is 12. The first-order valence-corrected chi connectivity index (χ1v) is 13.3. The minimum absolute atomic E-state index is 0.123. The lowest BCUT2D eigenvalue weighted by atomic mass is 9.55. The number of nitrogens with one attached hydrogen (secondary N) is 1. The first-order valence-electron chi connectivity index (χ1n) is 13.3. The van der Waals surface area contributed by atoms with Crippen LogP contribution in [0, 0.1) is 11.8 Å². The average Bonchev–Trinajstić information content (AvgIpc) is 2.92. The second-order valence-corrected chi connectivity index (χ2v) is 11.3. The zero-order valence-electron chi connectivity index (χ0n) is 23.1. The van der Waals surface area contributed by atoms with Gasteiger partial charge in [0.1, 0.15) is 17.1 Å². The Hall–Kier alpha value is -4.02. The van der Waals surface area contributed by atoms with Crippen LogP contribution in [0.5, 0.6) is 5.75 Å². The van der Waals surface area contributed by atoms with Gasteiger partial charge in [0.2, 0.25) is 5.78 Å². The lowest BCUT2D eigenvalue weighted by molar-refractivity contribution is -0.162. The van der Waals surface area contributed by atoms with Crippen molar-refractivity contribution in [1.82, 2.24) is 14.9 Å². The van der Waals surface area contributed by atoms with E-state index in [2.05, 4.69) is 5.32 Å². The van der Waals surface area contributed by atoms with E-state index in [1.54, 1.807) is 6.92 Å². The van der Waals surface area contributed by atoms with E-state index in [9.17, 15) is 49.9 Å². The largest absolute Gasteiger partial charge is 0.510 e. The van der Waals surface area contributed by atoms with Crippen LogP contribution in [0.25, 0.3) is 0 Å². The average molecular weight is 588 g/mol. The lowest BCUT2D eigenvalue weighted by Crippen LogP contribution is -2.68. The maximum absolute atomic E-state index is 13.9. The number of aromatic hydroxyl groups is 1. The third-order valence-corrected chi connectivity index (χ3v) is 8.92. The number of carbonyl (C=O) groups is 4. The summed E-state index contributed by atoms with van der Waals surface area (Å²) in [5.41, 5.74) is 0.637. The van der Waals surface area contributed by atoms with Gasteiger partial charge in [0.05, 0.1) is 29.3 Å². The van der Waals surface area contributed by atoms with Gasteiger partial charge in [-0.1, -0.05) is 13.0 Å². The van der Waals surface area contributed by atoms with E-state index < -0.39 is 87.4 Å². The van der Waals surface area contributed by atoms with Gasteiger partial charge in [-0.3, -0.25) is 19.3 Å². The molecule has 0 bridgehead atoms. The number of likely N-dealkylation sites (N-methyl/N-ethyl adjacent to an activating group) is 1. The molecule has 1 heterocycles. The first kappa shape index (κ1) is 29.5. The van der Waals surface area contributed by atoms with Crippen molar-refractivity contribution in [2.45, 2.75) is 30.6 Å². The molecule has 1 aliphatic heterocycles. The van der Waals surface area contributed by atoms with E-state index in [-0.39, 0.29) is 43.0 Å². The fourth-order valence-electron chi connectivity index (χ4n) is 6.82. The van der Waals surface area contributed by atoms with Crippen LogP contribution in [0.4, 0.5) is 10.5 Å². The van der Waals surface area contributed by atoms with Gasteiger partial charge in [0.25, 0.3) is 5.91 Å². The number of amides is 3. The van der Waals surface area contributed by atoms with Crippen molar-refractivity contribution in [2.24, 2.45) is 17.6 Å². The van der Waals surface area contributed by atoms with Crippen LogP contribution in [-0.4, -0.2) is 127 Å². The second-order valence-electron chi connectivity index (χ2n) is 11.3. The number of urea groups is 1. The number of fused-ring (bicyclic) bond motifs is 3. The molecule has 3 aliphatic carbocycles. The highest BCUT2D eigenvalue weighted by Crippen LogP contribution is 2.56. The predicted molar refractivity (Wildman–Crippen MR) is 144 cm³/mol. The molecule has 0 radical (unpaired) electrons. The van der Waals surface area contributed by atoms with E-state index in [0.29, 0.717) is 0 Å². The van der Waals surface area contributed by atoms with Crippen molar-refractivity contribution in [1.29, 1.82) is 0 Å². The summed E-state index contributed by atoms with van der Waals surface area (Å²) in [6, 6.07) is 0.931. The Labute approximate surface area is 239 Å². The van der Waals surface area contributed by atoms with Crippen molar-refractivity contribution in [2.75, 3.05) is 45.6 Å². The summed E-state index contributed by atoms with van der Waals surface area (Å²) in [6.07, 6.45) is -1.70. The molecule has 4 aliphatic rings. The number of carbonyl (C=O) groups excluding carboxylic acids is 4. The van der Waals surface area contributed by atoms with Gasteiger partial charge < -0.3 is 46.7 Å². The highest BCUT2D eigenvalue weighted by molar-refractivity contribution is 6.25. The molecule has 3 amide bonds. The van der Waals surface area contributed by atoms with Crippen LogP contribution in [0.3, 0.4) is 0 Å². The fourth-order valence-corrected chi connectivity index (χ4v) is 6.82. The number of anilines is 1. The molecule has 226 valence electrons. The van der Waals surface area contributed by atoms with E-state index in [1.807, 2.05) is 0 Å². The Kier molecular flexibility index (Phi) is 7.06. The molecule has 15 heteroatoms. The van der Waals surface area contributed by atoms with Gasteiger partial charge in [-0.15, -0.1) is 0 Å². The normalized spacial score (nSPS) is 31.6. The van der Waals surface area contributed by atoms with Crippen molar-refractivity contribution in [3.63, 3.8) is 0 Å². The minimum atomic E-state index is -3.01. The number of primary amides is 1. The van der Waals surface area contributed by atoms with Crippen LogP contribution >= 0.6 is 0 Å². The molecule has 1 aromatic carbocycles. The molecule has 0 aromatic heterocycles. The van der Waals surface area contributed by atoms with Gasteiger partial charge in [-0.2, -0.15) is 5.06 Å². The predicted octanol–water partition coefficient (Wildman–Crippen LogP) is -0.809. The second kappa shape index (κ2) is 10.1. The standard InChI is InChI=1S/C27H33N5O10/c1-10-11-4-5-12(29-26(40)31-6-8-32(42)9-7-31)19(33)14(11)20(34)15-13(10)21(35)17-18(30(2)3)22(36)16(25(28)39)24(38)27(17,41)23(15)37/h4-5,10,13,17-18,21,33,35-37,41-42H,6-9H2,1-3H3,(H2,28,39)(H,29,40)/t10?,13?,17?,18-,21?,27-/m0/s1. The van der Waals surface area contributed by atoms with E-state index in [1.165, 1.54) is 36.0 Å². The number of phenols is 1. The first-order chi connectivity index (χ1) is 19.6. The number of ketones is 2. The molecule has 4 unspecified atom stereocenters. The Morgan fingerprint density at radius 3 is 2.29 bits per heavy atom. The monoisotopic (exact) mass is 587 g/mol. The third-order valence-electron chi connectivity index (χ3n) is 8.92. The number of hydroxylamine groups is 2. The molecule has 1 aromatic rings. The number of phenolic OH excluding ortho intramolecular Hbond substituents is 1. The number of nitrogens with zero attached hydrogens (tertiary/aromatic N) is 3. The number of aliphatic hydroxyl groups is 4. The maximum atomic E-state index is 13.9. The van der Waals surface area contributed by atoms with E-state index in [4.69, 9.17) is 5.73 Å². The van der Waals surface area contributed by atoms with Gasteiger partial charge in [-0.05, 0) is 31.6 Å².